The van der Waals surface area contributed by atoms with Gasteiger partial charge in [-0.2, -0.15) is 4.98 Å². The molecular weight excluding hydrogens is 465 g/mol. The highest BCUT2D eigenvalue weighted by Crippen LogP contribution is 2.35. The normalized spacial score (nSPS) is 11.6. The number of hydrogen-bond acceptors (Lipinski definition) is 5. The van der Waals surface area contributed by atoms with Gasteiger partial charge in [-0.15, -0.1) is 11.3 Å². The first-order valence-electron chi connectivity index (χ1n) is 4.45. The van der Waals surface area contributed by atoms with Gasteiger partial charge in [0.15, 0.2) is 0 Å². The summed E-state index contributed by atoms with van der Waals surface area (Å²) in [7, 11) is -3.78. The van der Waals surface area contributed by atoms with Crippen molar-refractivity contribution >= 4 is 82.2 Å². The van der Waals surface area contributed by atoms with Crippen LogP contribution in [-0.4, -0.2) is 18.4 Å². The molecule has 19 heavy (non-hydrogen) atoms. The second-order valence-electron chi connectivity index (χ2n) is 3.14. The van der Waals surface area contributed by atoms with Crippen molar-refractivity contribution in [2.24, 2.45) is 0 Å². The maximum atomic E-state index is 12.2. The summed E-state index contributed by atoms with van der Waals surface area (Å²) in [6.45, 7) is 0. The summed E-state index contributed by atoms with van der Waals surface area (Å²) in [6.07, 6.45) is 0. The second kappa shape index (κ2) is 5.82. The van der Waals surface area contributed by atoms with Gasteiger partial charge in [0.1, 0.15) is 15.9 Å². The fraction of sp³-hybridized carbons (Fsp3) is 0. The van der Waals surface area contributed by atoms with Gasteiger partial charge < -0.3 is 0 Å². The number of aromatic nitrogens is 2. The lowest BCUT2D eigenvalue weighted by Gasteiger charge is -2.06. The van der Waals surface area contributed by atoms with Crippen molar-refractivity contribution in [2.45, 2.75) is 4.90 Å². The molecule has 2 heterocycles. The Hall–Kier alpha value is 0.0700. The summed E-state index contributed by atoms with van der Waals surface area (Å²) in [5.74, 6) is -0.000720. The van der Waals surface area contributed by atoms with E-state index in [0.29, 0.717) is 7.57 Å². The molecule has 0 bridgehead atoms. The van der Waals surface area contributed by atoms with E-state index in [4.69, 9.17) is 23.2 Å². The van der Waals surface area contributed by atoms with Gasteiger partial charge in [-0.25, -0.2) is 13.4 Å². The average molecular weight is 468 g/mol. The van der Waals surface area contributed by atoms with Crippen LogP contribution in [0.2, 0.25) is 10.4 Å². The van der Waals surface area contributed by atoms with Gasteiger partial charge in [0.2, 0.25) is 5.28 Å². The summed E-state index contributed by atoms with van der Waals surface area (Å²) in [6, 6.07) is 2.74. The molecule has 2 rings (SSSR count). The van der Waals surface area contributed by atoms with Crippen molar-refractivity contribution in [3.63, 3.8) is 0 Å². The van der Waals surface area contributed by atoms with Gasteiger partial charge in [0, 0.05) is 6.07 Å². The quantitative estimate of drug-likeness (QED) is 0.543. The van der Waals surface area contributed by atoms with Crippen molar-refractivity contribution in [3.8, 4) is 0 Å². The lowest BCUT2D eigenvalue weighted by molar-refractivity contribution is 0.601. The zero-order valence-corrected chi connectivity index (χ0v) is 15.0. The van der Waals surface area contributed by atoms with E-state index in [1.807, 2.05) is 0 Å². The molecule has 0 saturated heterocycles. The number of nitrogens with one attached hydrogen (secondary N) is 1. The van der Waals surface area contributed by atoms with Crippen LogP contribution >= 0.6 is 66.4 Å². The van der Waals surface area contributed by atoms with Crippen LogP contribution in [0.1, 0.15) is 0 Å². The zero-order chi connectivity index (χ0) is 14.2. The highest BCUT2D eigenvalue weighted by atomic mass is 79.9. The van der Waals surface area contributed by atoms with E-state index in [1.165, 1.54) is 23.5 Å². The first-order valence-corrected chi connectivity index (χ1v) is 9.10. The Kier molecular flexibility index (Phi) is 4.74. The lowest BCUT2D eigenvalue weighted by atomic mass is 10.6. The van der Waals surface area contributed by atoms with Gasteiger partial charge in [-0.05, 0) is 49.5 Å². The van der Waals surface area contributed by atoms with Gasteiger partial charge in [-0.1, -0.05) is 11.6 Å². The number of sulfonamides is 1. The SMILES string of the molecule is O=S(=O)(Nc1cc(Cl)nc(Cl)n1)c1cc(Br)sc1Br. The van der Waals surface area contributed by atoms with Gasteiger partial charge in [0.25, 0.3) is 10.0 Å². The monoisotopic (exact) mass is 465 g/mol. The van der Waals surface area contributed by atoms with Crippen LogP contribution in [0.5, 0.6) is 0 Å². The predicted octanol–water partition coefficient (Wildman–Crippen LogP) is 4.17. The Morgan fingerprint density at radius 1 is 1.21 bits per heavy atom. The molecule has 0 aliphatic carbocycles. The predicted molar refractivity (Wildman–Crippen MR) is 82.6 cm³/mol. The molecule has 0 aliphatic heterocycles. The number of anilines is 1. The fourth-order valence-corrected chi connectivity index (χ4v) is 6.36. The molecule has 0 atom stereocenters. The van der Waals surface area contributed by atoms with Crippen LogP contribution in [0.4, 0.5) is 5.82 Å². The first kappa shape index (κ1) is 15.5. The summed E-state index contributed by atoms with van der Waals surface area (Å²) in [4.78, 5) is 7.46. The molecule has 0 fully saturated rings. The summed E-state index contributed by atoms with van der Waals surface area (Å²) in [5, 5.41) is -0.0981. The zero-order valence-electron chi connectivity index (χ0n) is 8.69. The third kappa shape index (κ3) is 3.79. The van der Waals surface area contributed by atoms with E-state index < -0.39 is 10.0 Å². The topological polar surface area (TPSA) is 72.0 Å². The Bertz CT molecular complexity index is 715. The molecular formula is C8H3Br2Cl2N3O2S2. The number of halogens is 4. The van der Waals surface area contributed by atoms with E-state index in [-0.39, 0.29) is 21.2 Å². The van der Waals surface area contributed by atoms with Gasteiger partial charge in [0.05, 0.1) is 7.57 Å². The standard InChI is InChI=1S/C8H3Br2Cl2N3O2S2/c9-4-1-3(7(10)18-4)19(16,17)15-6-2-5(11)13-8(12)14-6/h1-2H,(H,13,14,15). The fourth-order valence-electron chi connectivity index (χ4n) is 1.14. The third-order valence-corrected chi connectivity index (χ3v) is 6.29. The molecule has 0 saturated carbocycles. The summed E-state index contributed by atoms with van der Waals surface area (Å²) in [5.41, 5.74) is 0. The maximum Gasteiger partial charge on any atom is 0.265 e. The molecule has 2 aromatic heterocycles. The smallest absolute Gasteiger partial charge is 0.263 e. The molecule has 2 aromatic rings. The van der Waals surface area contributed by atoms with Crippen LogP contribution in [0, 0.1) is 0 Å². The highest BCUT2D eigenvalue weighted by Gasteiger charge is 2.21. The van der Waals surface area contributed by atoms with Crippen molar-refractivity contribution < 1.29 is 8.42 Å². The number of nitrogens with zero attached hydrogens (tertiary/aromatic N) is 2. The van der Waals surface area contributed by atoms with Crippen molar-refractivity contribution in [1.82, 2.24) is 9.97 Å². The van der Waals surface area contributed by atoms with E-state index in [2.05, 4.69) is 46.5 Å². The molecule has 0 unspecified atom stereocenters. The number of thiophene rings is 1. The van der Waals surface area contributed by atoms with Crippen molar-refractivity contribution in [3.05, 3.63) is 30.1 Å². The van der Waals surface area contributed by atoms with E-state index >= 15 is 0 Å². The van der Waals surface area contributed by atoms with Crippen LogP contribution in [0.25, 0.3) is 0 Å². The first-order chi connectivity index (χ1) is 8.78. The molecule has 5 nitrogen and oxygen atoms in total. The van der Waals surface area contributed by atoms with E-state index in [1.54, 1.807) is 0 Å². The lowest BCUT2D eigenvalue weighted by Crippen LogP contribution is -2.14. The van der Waals surface area contributed by atoms with Crippen LogP contribution in [0.15, 0.2) is 24.6 Å². The second-order valence-corrected chi connectivity index (χ2v) is 9.26. The number of hydrogen-bond donors (Lipinski definition) is 1. The maximum absolute atomic E-state index is 12.2. The van der Waals surface area contributed by atoms with Crippen molar-refractivity contribution in [1.29, 1.82) is 0 Å². The highest BCUT2D eigenvalue weighted by molar-refractivity contribution is 9.12. The minimum absolute atomic E-state index is 0.000720. The molecule has 102 valence electrons. The van der Waals surface area contributed by atoms with Crippen LogP contribution < -0.4 is 4.72 Å². The largest absolute Gasteiger partial charge is 0.265 e. The molecule has 11 heteroatoms. The van der Waals surface area contributed by atoms with Crippen LogP contribution in [0.3, 0.4) is 0 Å². The molecule has 0 spiro atoms. The Labute approximate surface area is 139 Å². The van der Waals surface area contributed by atoms with Crippen LogP contribution in [-0.2, 0) is 10.0 Å². The average Bonchev–Trinajstić information content (AvgIpc) is 2.56. The summed E-state index contributed by atoms with van der Waals surface area (Å²) >= 11 is 18.9. The Morgan fingerprint density at radius 3 is 2.42 bits per heavy atom. The van der Waals surface area contributed by atoms with E-state index in [0.717, 1.165) is 0 Å². The van der Waals surface area contributed by atoms with Gasteiger partial charge >= 0.3 is 0 Å². The van der Waals surface area contributed by atoms with Gasteiger partial charge in [-0.3, -0.25) is 4.72 Å². The Morgan fingerprint density at radius 2 is 1.89 bits per heavy atom. The minimum atomic E-state index is -3.78. The minimum Gasteiger partial charge on any atom is -0.263 e. The molecule has 1 N–H and O–H groups in total. The molecule has 0 aliphatic rings. The summed E-state index contributed by atoms with van der Waals surface area (Å²) < 4.78 is 27.7. The molecule has 0 radical (unpaired) electrons. The third-order valence-electron chi connectivity index (χ3n) is 1.82. The Balaban J connectivity index is 2.39. The van der Waals surface area contributed by atoms with Crippen molar-refractivity contribution in [2.75, 3.05) is 4.72 Å². The van der Waals surface area contributed by atoms with E-state index in [9.17, 15) is 8.42 Å². The molecule has 0 amide bonds. The number of rotatable bonds is 3. The molecule has 0 aromatic carbocycles.